The first-order valence-corrected chi connectivity index (χ1v) is 7.28. The molecule has 4 nitrogen and oxygen atoms in total. The minimum absolute atomic E-state index is 0.0934. The van der Waals surface area contributed by atoms with Gasteiger partial charge in [-0.3, -0.25) is 9.69 Å². The summed E-state index contributed by atoms with van der Waals surface area (Å²) in [7, 11) is 1.56. The van der Waals surface area contributed by atoms with E-state index in [4.69, 9.17) is 21.1 Å². The van der Waals surface area contributed by atoms with Crippen LogP contribution in [0.25, 0.3) is 0 Å². The third-order valence-electron chi connectivity index (χ3n) is 3.96. The molecule has 2 unspecified atom stereocenters. The summed E-state index contributed by atoms with van der Waals surface area (Å²) in [6, 6.07) is 5.18. The smallest absolute Gasteiger partial charge is 0.176 e. The number of fused-ring (bicyclic) bond motifs is 2. The molecule has 1 aromatic carbocycles. The van der Waals surface area contributed by atoms with E-state index in [9.17, 15) is 4.79 Å². The van der Waals surface area contributed by atoms with Crippen molar-refractivity contribution in [3.05, 3.63) is 28.8 Å². The van der Waals surface area contributed by atoms with Gasteiger partial charge in [0.1, 0.15) is 5.75 Å². The molecule has 0 N–H and O–H groups in total. The molecule has 5 heteroatoms. The standard InChI is InChI=1S/C15H18ClNO3/c1-19-15-5-2-10(6-13(15)16)14(18)9-17-7-11-3-4-12(8-17)20-11/h2,5-6,11-12H,3-4,7-9H2,1H3. The Morgan fingerprint density at radius 3 is 2.70 bits per heavy atom. The van der Waals surface area contributed by atoms with Gasteiger partial charge in [0.15, 0.2) is 5.78 Å². The van der Waals surface area contributed by atoms with Crippen LogP contribution in [-0.2, 0) is 4.74 Å². The first-order valence-electron chi connectivity index (χ1n) is 6.90. The van der Waals surface area contributed by atoms with E-state index < -0.39 is 0 Å². The summed E-state index contributed by atoms with van der Waals surface area (Å²) < 4.78 is 10.9. The van der Waals surface area contributed by atoms with Crippen LogP contribution in [0.15, 0.2) is 18.2 Å². The Morgan fingerprint density at radius 1 is 1.40 bits per heavy atom. The lowest BCUT2D eigenvalue weighted by Gasteiger charge is -2.31. The van der Waals surface area contributed by atoms with Crippen molar-refractivity contribution in [2.45, 2.75) is 25.0 Å². The van der Waals surface area contributed by atoms with E-state index in [0.29, 0.717) is 35.1 Å². The maximum absolute atomic E-state index is 12.3. The van der Waals surface area contributed by atoms with Crippen LogP contribution in [0.5, 0.6) is 5.75 Å². The second kappa shape index (κ2) is 5.72. The predicted octanol–water partition coefficient (Wildman–Crippen LogP) is 2.39. The van der Waals surface area contributed by atoms with E-state index in [1.807, 2.05) is 0 Å². The second-order valence-electron chi connectivity index (χ2n) is 5.42. The summed E-state index contributed by atoms with van der Waals surface area (Å²) >= 11 is 6.06. The molecule has 0 saturated carbocycles. The highest BCUT2D eigenvalue weighted by Gasteiger charge is 2.34. The molecular formula is C15H18ClNO3. The quantitative estimate of drug-likeness (QED) is 0.800. The molecule has 2 aliphatic heterocycles. The Kier molecular flexibility index (Phi) is 3.96. The lowest BCUT2D eigenvalue weighted by atomic mass is 10.1. The van der Waals surface area contributed by atoms with Gasteiger partial charge >= 0.3 is 0 Å². The number of carbonyl (C=O) groups is 1. The Balaban J connectivity index is 1.65. The minimum Gasteiger partial charge on any atom is -0.495 e. The zero-order chi connectivity index (χ0) is 14.1. The first kappa shape index (κ1) is 13.9. The Bertz CT molecular complexity index is 508. The van der Waals surface area contributed by atoms with Gasteiger partial charge in [0.2, 0.25) is 0 Å². The van der Waals surface area contributed by atoms with E-state index >= 15 is 0 Å². The van der Waals surface area contributed by atoms with Gasteiger partial charge in [-0.2, -0.15) is 0 Å². The number of halogens is 1. The number of ketones is 1. The highest BCUT2D eigenvalue weighted by Crippen LogP contribution is 2.27. The van der Waals surface area contributed by atoms with E-state index in [0.717, 1.165) is 25.9 Å². The summed E-state index contributed by atoms with van der Waals surface area (Å²) in [5, 5.41) is 0.473. The molecule has 20 heavy (non-hydrogen) atoms. The molecule has 3 rings (SSSR count). The Hall–Kier alpha value is -1.10. The third kappa shape index (κ3) is 2.82. The van der Waals surface area contributed by atoms with Gasteiger partial charge in [-0.05, 0) is 31.0 Å². The van der Waals surface area contributed by atoms with E-state index in [1.165, 1.54) is 0 Å². The fourth-order valence-electron chi connectivity index (χ4n) is 2.96. The topological polar surface area (TPSA) is 38.8 Å². The molecule has 0 amide bonds. The van der Waals surface area contributed by atoms with Crippen LogP contribution in [0.4, 0.5) is 0 Å². The lowest BCUT2D eigenvalue weighted by Crippen LogP contribution is -2.44. The largest absolute Gasteiger partial charge is 0.495 e. The summed E-state index contributed by atoms with van der Waals surface area (Å²) in [5.41, 5.74) is 0.634. The summed E-state index contributed by atoms with van der Waals surface area (Å²) in [5.74, 6) is 0.684. The number of ether oxygens (including phenoxy) is 2. The van der Waals surface area contributed by atoms with E-state index in [-0.39, 0.29) is 5.78 Å². The number of nitrogens with zero attached hydrogens (tertiary/aromatic N) is 1. The zero-order valence-electron chi connectivity index (χ0n) is 11.5. The van der Waals surface area contributed by atoms with Crippen LogP contribution in [0.2, 0.25) is 5.02 Å². The first-order chi connectivity index (χ1) is 9.65. The molecule has 1 aromatic rings. The number of carbonyl (C=O) groups excluding carboxylic acids is 1. The second-order valence-corrected chi connectivity index (χ2v) is 5.83. The van der Waals surface area contributed by atoms with Gasteiger partial charge in [0, 0.05) is 18.7 Å². The molecule has 2 atom stereocenters. The summed E-state index contributed by atoms with van der Waals surface area (Å²) in [4.78, 5) is 14.5. The van der Waals surface area contributed by atoms with Gasteiger partial charge in [0.05, 0.1) is 30.9 Å². The van der Waals surface area contributed by atoms with Crippen LogP contribution in [-0.4, -0.2) is 49.6 Å². The van der Waals surface area contributed by atoms with Gasteiger partial charge in [0.25, 0.3) is 0 Å². The zero-order valence-corrected chi connectivity index (χ0v) is 12.2. The van der Waals surface area contributed by atoms with Crippen molar-refractivity contribution in [1.82, 2.24) is 4.90 Å². The van der Waals surface area contributed by atoms with Crippen LogP contribution in [0, 0.1) is 0 Å². The summed E-state index contributed by atoms with van der Waals surface area (Å²) in [6.45, 7) is 2.14. The van der Waals surface area contributed by atoms with Crippen molar-refractivity contribution in [3.63, 3.8) is 0 Å². The molecule has 2 aliphatic rings. The number of hydrogen-bond acceptors (Lipinski definition) is 4. The minimum atomic E-state index is 0.0934. The van der Waals surface area contributed by atoms with Crippen LogP contribution in [0.1, 0.15) is 23.2 Å². The van der Waals surface area contributed by atoms with Crippen molar-refractivity contribution < 1.29 is 14.3 Å². The van der Waals surface area contributed by atoms with Crippen molar-refractivity contribution in [3.8, 4) is 5.75 Å². The van der Waals surface area contributed by atoms with Gasteiger partial charge in [-0.15, -0.1) is 0 Å². The number of methoxy groups -OCH3 is 1. The van der Waals surface area contributed by atoms with Crippen molar-refractivity contribution in [2.24, 2.45) is 0 Å². The van der Waals surface area contributed by atoms with Gasteiger partial charge in [-0.1, -0.05) is 11.6 Å². The van der Waals surface area contributed by atoms with Crippen LogP contribution >= 0.6 is 11.6 Å². The highest BCUT2D eigenvalue weighted by atomic mass is 35.5. The predicted molar refractivity (Wildman–Crippen MR) is 76.7 cm³/mol. The monoisotopic (exact) mass is 295 g/mol. The van der Waals surface area contributed by atoms with Gasteiger partial charge in [-0.25, -0.2) is 0 Å². The molecule has 2 bridgehead atoms. The average molecular weight is 296 g/mol. The number of likely N-dealkylation sites (tertiary alicyclic amines) is 1. The molecule has 0 aliphatic carbocycles. The number of Topliss-reactive ketones (excluding diaryl/α,β-unsaturated/α-hetero) is 1. The molecule has 0 aromatic heterocycles. The molecular weight excluding hydrogens is 278 g/mol. The van der Waals surface area contributed by atoms with E-state index in [2.05, 4.69) is 4.90 Å². The lowest BCUT2D eigenvalue weighted by molar-refractivity contribution is -0.0355. The molecule has 2 fully saturated rings. The molecule has 2 heterocycles. The SMILES string of the molecule is COc1ccc(C(=O)CN2CC3CCC(C2)O3)cc1Cl. The van der Waals surface area contributed by atoms with Gasteiger partial charge < -0.3 is 9.47 Å². The fourth-order valence-corrected chi connectivity index (χ4v) is 3.22. The number of morpholine rings is 1. The third-order valence-corrected chi connectivity index (χ3v) is 4.26. The molecule has 0 radical (unpaired) electrons. The summed E-state index contributed by atoms with van der Waals surface area (Å²) in [6.07, 6.45) is 2.84. The normalized spacial score (nSPS) is 25.7. The van der Waals surface area contributed by atoms with Crippen LogP contribution < -0.4 is 4.74 Å². The molecule has 0 spiro atoms. The Labute approximate surface area is 123 Å². The highest BCUT2D eigenvalue weighted by molar-refractivity contribution is 6.32. The maximum atomic E-state index is 12.3. The average Bonchev–Trinajstić information content (AvgIpc) is 2.77. The maximum Gasteiger partial charge on any atom is 0.176 e. The Morgan fingerprint density at radius 2 is 2.10 bits per heavy atom. The van der Waals surface area contributed by atoms with Crippen molar-refractivity contribution >= 4 is 17.4 Å². The molecule has 108 valence electrons. The number of benzene rings is 1. The number of rotatable bonds is 4. The van der Waals surface area contributed by atoms with Crippen molar-refractivity contribution in [1.29, 1.82) is 0 Å². The van der Waals surface area contributed by atoms with E-state index in [1.54, 1.807) is 25.3 Å². The van der Waals surface area contributed by atoms with Crippen molar-refractivity contribution in [2.75, 3.05) is 26.7 Å². The fraction of sp³-hybridized carbons (Fsp3) is 0.533. The number of hydrogen-bond donors (Lipinski definition) is 0. The van der Waals surface area contributed by atoms with Crippen LogP contribution in [0.3, 0.4) is 0 Å². The molecule has 2 saturated heterocycles.